The van der Waals surface area contributed by atoms with E-state index in [4.69, 9.17) is 9.47 Å². The SMILES string of the molecule is CCOc1ccc(C(=O)N2CCN(C(=O)CCOc3ccccc3)CC2)cc1. The van der Waals surface area contributed by atoms with Crippen LogP contribution in [0.15, 0.2) is 54.6 Å². The van der Waals surface area contributed by atoms with Gasteiger partial charge in [-0.3, -0.25) is 9.59 Å². The second-order valence-corrected chi connectivity index (χ2v) is 6.54. The van der Waals surface area contributed by atoms with Gasteiger partial charge in [-0.25, -0.2) is 0 Å². The Hall–Kier alpha value is -3.02. The second-order valence-electron chi connectivity index (χ2n) is 6.54. The molecular formula is C22H26N2O4. The molecule has 1 fully saturated rings. The zero-order valence-corrected chi connectivity index (χ0v) is 16.2. The Kier molecular flexibility index (Phi) is 6.89. The third kappa shape index (κ3) is 5.25. The van der Waals surface area contributed by atoms with Gasteiger partial charge < -0.3 is 19.3 Å². The van der Waals surface area contributed by atoms with Gasteiger partial charge in [0.15, 0.2) is 0 Å². The predicted octanol–water partition coefficient (Wildman–Crippen LogP) is 2.84. The van der Waals surface area contributed by atoms with Crippen molar-refractivity contribution in [3.8, 4) is 11.5 Å². The summed E-state index contributed by atoms with van der Waals surface area (Å²) >= 11 is 0. The molecule has 0 aromatic heterocycles. The van der Waals surface area contributed by atoms with E-state index in [0.717, 1.165) is 11.5 Å². The monoisotopic (exact) mass is 382 g/mol. The van der Waals surface area contributed by atoms with Gasteiger partial charge in [-0.1, -0.05) is 18.2 Å². The molecule has 0 saturated carbocycles. The minimum absolute atomic E-state index is 0.0115. The molecule has 1 heterocycles. The van der Waals surface area contributed by atoms with Crippen LogP contribution in [0.4, 0.5) is 0 Å². The number of piperazine rings is 1. The third-order valence-corrected chi connectivity index (χ3v) is 4.66. The van der Waals surface area contributed by atoms with E-state index in [-0.39, 0.29) is 11.8 Å². The normalized spacial score (nSPS) is 13.9. The average molecular weight is 382 g/mol. The van der Waals surface area contributed by atoms with Crippen LogP contribution in [0.25, 0.3) is 0 Å². The topological polar surface area (TPSA) is 59.1 Å². The second kappa shape index (κ2) is 9.78. The van der Waals surface area contributed by atoms with Gasteiger partial charge in [0.05, 0.1) is 19.6 Å². The molecule has 148 valence electrons. The quantitative estimate of drug-likeness (QED) is 0.739. The predicted molar refractivity (Wildman–Crippen MR) is 107 cm³/mol. The van der Waals surface area contributed by atoms with Crippen molar-refractivity contribution in [3.63, 3.8) is 0 Å². The summed E-state index contributed by atoms with van der Waals surface area (Å²) in [6.45, 7) is 5.05. The van der Waals surface area contributed by atoms with Crippen molar-refractivity contribution >= 4 is 11.8 Å². The molecule has 2 amide bonds. The Morgan fingerprint density at radius 3 is 2.07 bits per heavy atom. The first-order chi connectivity index (χ1) is 13.7. The standard InChI is InChI=1S/C22H26N2O4/c1-2-27-20-10-8-18(9-11-20)22(26)24-15-13-23(14-16-24)21(25)12-17-28-19-6-4-3-5-7-19/h3-11H,2,12-17H2,1H3. The summed E-state index contributed by atoms with van der Waals surface area (Å²) in [6, 6.07) is 16.7. The molecule has 1 aliphatic rings. The number of para-hydroxylation sites is 1. The van der Waals surface area contributed by atoms with E-state index in [9.17, 15) is 9.59 Å². The van der Waals surface area contributed by atoms with Crippen molar-refractivity contribution in [1.82, 2.24) is 9.80 Å². The Balaban J connectivity index is 1.43. The fraction of sp³-hybridized carbons (Fsp3) is 0.364. The molecule has 0 atom stereocenters. The zero-order chi connectivity index (χ0) is 19.8. The van der Waals surface area contributed by atoms with E-state index < -0.39 is 0 Å². The van der Waals surface area contributed by atoms with Crippen LogP contribution in [0.5, 0.6) is 11.5 Å². The van der Waals surface area contributed by atoms with Crippen LogP contribution >= 0.6 is 0 Å². The summed E-state index contributed by atoms with van der Waals surface area (Å²) in [4.78, 5) is 28.6. The lowest BCUT2D eigenvalue weighted by molar-refractivity contribution is -0.133. The highest BCUT2D eigenvalue weighted by Crippen LogP contribution is 2.15. The Morgan fingerprint density at radius 1 is 0.821 bits per heavy atom. The molecule has 6 nitrogen and oxygen atoms in total. The van der Waals surface area contributed by atoms with E-state index >= 15 is 0 Å². The molecule has 28 heavy (non-hydrogen) atoms. The maximum absolute atomic E-state index is 12.6. The number of carbonyl (C=O) groups excluding carboxylic acids is 2. The van der Waals surface area contributed by atoms with Crippen molar-refractivity contribution in [2.24, 2.45) is 0 Å². The number of hydrogen-bond donors (Lipinski definition) is 0. The van der Waals surface area contributed by atoms with Gasteiger partial charge in [-0.05, 0) is 43.3 Å². The molecule has 0 spiro atoms. The zero-order valence-electron chi connectivity index (χ0n) is 16.2. The molecule has 0 bridgehead atoms. The lowest BCUT2D eigenvalue weighted by Crippen LogP contribution is -2.50. The maximum atomic E-state index is 12.6. The van der Waals surface area contributed by atoms with Crippen LogP contribution in [-0.4, -0.2) is 61.0 Å². The summed E-state index contributed by atoms with van der Waals surface area (Å²) in [5.41, 5.74) is 0.638. The Labute approximate surface area is 165 Å². The van der Waals surface area contributed by atoms with E-state index in [2.05, 4.69) is 0 Å². The molecule has 0 unspecified atom stereocenters. The van der Waals surface area contributed by atoms with E-state index in [1.807, 2.05) is 49.4 Å². The lowest BCUT2D eigenvalue weighted by Gasteiger charge is -2.35. The van der Waals surface area contributed by atoms with Crippen LogP contribution < -0.4 is 9.47 Å². The molecule has 6 heteroatoms. The summed E-state index contributed by atoms with van der Waals surface area (Å²) < 4.78 is 11.0. The molecule has 1 saturated heterocycles. The summed E-state index contributed by atoms with van der Waals surface area (Å²) in [6.07, 6.45) is 0.335. The summed E-state index contributed by atoms with van der Waals surface area (Å²) in [5.74, 6) is 1.57. The van der Waals surface area contributed by atoms with Gasteiger partial charge in [0.1, 0.15) is 11.5 Å². The summed E-state index contributed by atoms with van der Waals surface area (Å²) in [7, 11) is 0. The number of ether oxygens (including phenoxy) is 2. The fourth-order valence-electron chi connectivity index (χ4n) is 3.13. The first kappa shape index (κ1) is 19.7. The van der Waals surface area contributed by atoms with Crippen molar-refractivity contribution in [2.45, 2.75) is 13.3 Å². The number of hydrogen-bond acceptors (Lipinski definition) is 4. The van der Waals surface area contributed by atoms with Crippen molar-refractivity contribution in [1.29, 1.82) is 0 Å². The highest BCUT2D eigenvalue weighted by Gasteiger charge is 2.24. The molecule has 2 aromatic carbocycles. The molecule has 1 aliphatic heterocycles. The largest absolute Gasteiger partial charge is 0.494 e. The summed E-state index contributed by atoms with van der Waals surface area (Å²) in [5, 5.41) is 0. The van der Waals surface area contributed by atoms with E-state index in [0.29, 0.717) is 51.4 Å². The van der Waals surface area contributed by atoms with Crippen LogP contribution in [-0.2, 0) is 4.79 Å². The van der Waals surface area contributed by atoms with Gasteiger partial charge in [-0.2, -0.15) is 0 Å². The minimum Gasteiger partial charge on any atom is -0.494 e. The number of rotatable bonds is 7. The number of nitrogens with zero attached hydrogens (tertiary/aromatic N) is 2. The van der Waals surface area contributed by atoms with Crippen molar-refractivity contribution in [2.75, 3.05) is 39.4 Å². The number of carbonyl (C=O) groups is 2. The van der Waals surface area contributed by atoms with Crippen molar-refractivity contribution < 1.29 is 19.1 Å². The average Bonchev–Trinajstić information content (AvgIpc) is 2.75. The Morgan fingerprint density at radius 2 is 1.43 bits per heavy atom. The van der Waals surface area contributed by atoms with Crippen LogP contribution in [0.3, 0.4) is 0 Å². The van der Waals surface area contributed by atoms with E-state index in [1.54, 1.807) is 21.9 Å². The fourth-order valence-corrected chi connectivity index (χ4v) is 3.13. The smallest absolute Gasteiger partial charge is 0.253 e. The van der Waals surface area contributed by atoms with Gasteiger partial charge in [0.2, 0.25) is 5.91 Å². The lowest BCUT2D eigenvalue weighted by atomic mass is 10.1. The molecular weight excluding hydrogens is 356 g/mol. The first-order valence-electron chi connectivity index (χ1n) is 9.65. The highest BCUT2D eigenvalue weighted by atomic mass is 16.5. The minimum atomic E-state index is -0.0115. The molecule has 0 N–H and O–H groups in total. The van der Waals surface area contributed by atoms with Gasteiger partial charge in [-0.15, -0.1) is 0 Å². The maximum Gasteiger partial charge on any atom is 0.253 e. The van der Waals surface area contributed by atoms with Gasteiger partial charge >= 0.3 is 0 Å². The first-order valence-corrected chi connectivity index (χ1v) is 9.65. The third-order valence-electron chi connectivity index (χ3n) is 4.66. The van der Waals surface area contributed by atoms with Crippen LogP contribution in [0.2, 0.25) is 0 Å². The van der Waals surface area contributed by atoms with Crippen molar-refractivity contribution in [3.05, 3.63) is 60.2 Å². The Bertz CT molecular complexity index is 769. The number of benzene rings is 2. The van der Waals surface area contributed by atoms with E-state index in [1.165, 1.54) is 0 Å². The van der Waals surface area contributed by atoms with Crippen LogP contribution in [0, 0.1) is 0 Å². The molecule has 3 rings (SSSR count). The molecule has 2 aromatic rings. The molecule has 0 aliphatic carbocycles. The van der Waals surface area contributed by atoms with Crippen LogP contribution in [0.1, 0.15) is 23.7 Å². The van der Waals surface area contributed by atoms with Gasteiger partial charge in [0, 0.05) is 31.7 Å². The van der Waals surface area contributed by atoms with Gasteiger partial charge in [0.25, 0.3) is 5.91 Å². The number of amides is 2. The highest BCUT2D eigenvalue weighted by molar-refractivity contribution is 5.94. The molecule has 0 radical (unpaired) electrons.